The number of carbonyl (C=O) groups is 1. The zero-order chi connectivity index (χ0) is 17.1. The number of hydrogen-bond donors (Lipinski definition) is 1. The van der Waals surface area contributed by atoms with Crippen molar-refractivity contribution < 1.29 is 14.3 Å². The molecular formula is C19H28N2O3. The summed E-state index contributed by atoms with van der Waals surface area (Å²) >= 11 is 0. The first-order chi connectivity index (χ1) is 11.6. The van der Waals surface area contributed by atoms with Gasteiger partial charge in [-0.1, -0.05) is 29.8 Å². The summed E-state index contributed by atoms with van der Waals surface area (Å²) in [6, 6.07) is 8.63. The lowest BCUT2D eigenvalue weighted by Crippen LogP contribution is -2.63. The van der Waals surface area contributed by atoms with Gasteiger partial charge < -0.3 is 14.8 Å². The highest BCUT2D eigenvalue weighted by atomic mass is 16.5. The van der Waals surface area contributed by atoms with E-state index in [1.807, 2.05) is 11.9 Å². The number of methoxy groups -OCH3 is 1. The first kappa shape index (κ1) is 17.4. The molecule has 1 aliphatic heterocycles. The van der Waals surface area contributed by atoms with Gasteiger partial charge in [0.15, 0.2) is 0 Å². The second-order valence-corrected chi connectivity index (χ2v) is 7.16. The Labute approximate surface area is 144 Å². The van der Waals surface area contributed by atoms with Gasteiger partial charge in [0.2, 0.25) is 5.91 Å². The first-order valence-corrected chi connectivity index (χ1v) is 8.72. The van der Waals surface area contributed by atoms with Crippen LogP contribution in [0.1, 0.15) is 17.5 Å². The summed E-state index contributed by atoms with van der Waals surface area (Å²) < 4.78 is 11.1. The third-order valence-electron chi connectivity index (χ3n) is 5.20. The van der Waals surface area contributed by atoms with E-state index >= 15 is 0 Å². The van der Waals surface area contributed by atoms with Gasteiger partial charge in [-0.3, -0.25) is 9.69 Å². The van der Waals surface area contributed by atoms with E-state index in [1.54, 1.807) is 7.11 Å². The lowest BCUT2D eigenvalue weighted by molar-refractivity contribution is -0.130. The highest BCUT2D eigenvalue weighted by molar-refractivity contribution is 5.78. The molecule has 1 heterocycles. The lowest BCUT2D eigenvalue weighted by Gasteiger charge is -2.47. The molecule has 0 aromatic heterocycles. The third-order valence-corrected chi connectivity index (χ3v) is 5.20. The van der Waals surface area contributed by atoms with Gasteiger partial charge in [-0.05, 0) is 26.0 Å². The monoisotopic (exact) mass is 332 g/mol. The van der Waals surface area contributed by atoms with Crippen LogP contribution in [0.4, 0.5) is 0 Å². The molecule has 3 rings (SSSR count). The van der Waals surface area contributed by atoms with Crippen molar-refractivity contribution >= 4 is 5.91 Å². The maximum atomic E-state index is 12.4. The minimum Gasteiger partial charge on any atom is -0.384 e. The van der Waals surface area contributed by atoms with Gasteiger partial charge in [0.1, 0.15) is 0 Å². The van der Waals surface area contributed by atoms with Crippen LogP contribution in [0, 0.1) is 18.8 Å². The normalized spacial score (nSPS) is 28.5. The molecule has 1 aromatic carbocycles. The Morgan fingerprint density at radius 1 is 1.38 bits per heavy atom. The van der Waals surface area contributed by atoms with Gasteiger partial charge in [0.25, 0.3) is 0 Å². The van der Waals surface area contributed by atoms with E-state index in [1.165, 1.54) is 11.1 Å². The fourth-order valence-corrected chi connectivity index (χ4v) is 3.97. The Kier molecular flexibility index (Phi) is 5.54. The predicted octanol–water partition coefficient (Wildman–Crippen LogP) is 1.59. The second-order valence-electron chi connectivity index (χ2n) is 7.16. The summed E-state index contributed by atoms with van der Waals surface area (Å²) in [5.74, 6) is 0.825. The molecule has 0 bridgehead atoms. The molecule has 0 spiro atoms. The average Bonchev–Trinajstić information content (AvgIpc) is 2.97. The molecule has 5 nitrogen and oxygen atoms in total. The maximum absolute atomic E-state index is 12.4. The molecule has 1 saturated heterocycles. The van der Waals surface area contributed by atoms with Crippen molar-refractivity contribution in [1.29, 1.82) is 0 Å². The van der Waals surface area contributed by atoms with Crippen molar-refractivity contribution in [2.75, 3.05) is 33.9 Å². The van der Waals surface area contributed by atoms with Crippen molar-refractivity contribution in [3.8, 4) is 0 Å². The minimum absolute atomic E-state index is 0.0843. The number of nitrogens with one attached hydrogen (secondary N) is 1. The van der Waals surface area contributed by atoms with E-state index in [0.717, 1.165) is 19.6 Å². The molecule has 0 radical (unpaired) electrons. The molecule has 1 saturated carbocycles. The van der Waals surface area contributed by atoms with Crippen molar-refractivity contribution in [3.63, 3.8) is 0 Å². The number of ether oxygens (including phenoxy) is 2. The van der Waals surface area contributed by atoms with E-state index < -0.39 is 0 Å². The molecule has 2 aliphatic rings. The van der Waals surface area contributed by atoms with Crippen molar-refractivity contribution in [2.24, 2.45) is 11.8 Å². The van der Waals surface area contributed by atoms with Crippen LogP contribution in [0.25, 0.3) is 0 Å². The Morgan fingerprint density at radius 2 is 2.12 bits per heavy atom. The topological polar surface area (TPSA) is 50.8 Å². The molecule has 0 unspecified atom stereocenters. The molecule has 1 aliphatic carbocycles. The number of aryl methyl sites for hydroxylation is 1. The summed E-state index contributed by atoms with van der Waals surface area (Å²) in [6.07, 6.45) is 1.30. The van der Waals surface area contributed by atoms with Crippen LogP contribution in [-0.4, -0.2) is 56.9 Å². The maximum Gasteiger partial charge on any atom is 0.234 e. The molecule has 24 heavy (non-hydrogen) atoms. The van der Waals surface area contributed by atoms with E-state index in [0.29, 0.717) is 19.1 Å². The Bertz CT molecular complexity index is 560. The average molecular weight is 332 g/mol. The number of amides is 1. The second kappa shape index (κ2) is 7.64. The predicted molar refractivity (Wildman–Crippen MR) is 92.7 cm³/mol. The van der Waals surface area contributed by atoms with Crippen LogP contribution < -0.4 is 5.32 Å². The molecule has 1 N–H and O–H groups in total. The quantitative estimate of drug-likeness (QED) is 0.824. The molecular weight excluding hydrogens is 304 g/mol. The zero-order valence-corrected chi connectivity index (χ0v) is 14.8. The van der Waals surface area contributed by atoms with E-state index in [9.17, 15) is 4.79 Å². The van der Waals surface area contributed by atoms with Gasteiger partial charge in [0, 0.05) is 38.1 Å². The minimum atomic E-state index is 0.0843. The smallest absolute Gasteiger partial charge is 0.234 e. The van der Waals surface area contributed by atoms with Crippen LogP contribution in [0.5, 0.6) is 0 Å². The number of rotatable bonds is 7. The molecule has 1 aromatic rings. The Morgan fingerprint density at radius 3 is 2.83 bits per heavy atom. The number of nitrogens with zero attached hydrogens (tertiary/aromatic N) is 1. The molecule has 132 valence electrons. The highest BCUT2D eigenvalue weighted by Crippen LogP contribution is 2.43. The summed E-state index contributed by atoms with van der Waals surface area (Å²) in [6.45, 7) is 4.70. The largest absolute Gasteiger partial charge is 0.384 e. The summed E-state index contributed by atoms with van der Waals surface area (Å²) in [5, 5.41) is 3.21. The van der Waals surface area contributed by atoms with E-state index in [-0.39, 0.29) is 24.0 Å². The standard InChI is InChI=1S/C19H28N2O3/c1-13-4-6-14(7-5-13)10-21(2)11-17(22)20-18-15-8-9-24-19(15)16(18)12-23-3/h4-7,15-16,18-19H,8-12H2,1-3H3,(H,20,22)/t15-,16+,18-,19-/m1/s1. The van der Waals surface area contributed by atoms with E-state index in [2.05, 4.69) is 36.5 Å². The number of carbonyl (C=O) groups excluding carboxylic acids is 1. The van der Waals surface area contributed by atoms with Crippen LogP contribution in [0.3, 0.4) is 0 Å². The Hall–Kier alpha value is -1.43. The molecule has 4 atom stereocenters. The fourth-order valence-electron chi connectivity index (χ4n) is 3.97. The number of likely N-dealkylation sites (N-methyl/N-ethyl adjacent to an activating group) is 1. The number of benzene rings is 1. The Balaban J connectivity index is 1.48. The lowest BCUT2D eigenvalue weighted by atomic mass is 9.67. The van der Waals surface area contributed by atoms with Gasteiger partial charge in [-0.15, -0.1) is 0 Å². The summed E-state index contributed by atoms with van der Waals surface area (Å²) in [7, 11) is 3.69. The van der Waals surface area contributed by atoms with Crippen LogP contribution in [0.2, 0.25) is 0 Å². The van der Waals surface area contributed by atoms with Crippen LogP contribution in [0.15, 0.2) is 24.3 Å². The molecule has 5 heteroatoms. The SMILES string of the molecule is COC[C@H]1[C@H](NC(=O)CN(C)Cc2ccc(C)cc2)[C@H]2CCO[C@H]21. The van der Waals surface area contributed by atoms with Gasteiger partial charge in [-0.2, -0.15) is 0 Å². The van der Waals surface area contributed by atoms with Crippen LogP contribution in [-0.2, 0) is 20.8 Å². The van der Waals surface area contributed by atoms with Gasteiger partial charge in [0.05, 0.1) is 19.3 Å². The van der Waals surface area contributed by atoms with Crippen LogP contribution >= 0.6 is 0 Å². The van der Waals surface area contributed by atoms with Crippen molar-refractivity contribution in [3.05, 3.63) is 35.4 Å². The van der Waals surface area contributed by atoms with Gasteiger partial charge in [-0.25, -0.2) is 0 Å². The highest BCUT2D eigenvalue weighted by Gasteiger charge is 2.54. The number of hydrogen-bond acceptors (Lipinski definition) is 4. The third kappa shape index (κ3) is 3.79. The van der Waals surface area contributed by atoms with Crippen molar-refractivity contribution in [2.45, 2.75) is 32.0 Å². The summed E-state index contributed by atoms with van der Waals surface area (Å²) in [5.41, 5.74) is 2.47. The number of fused-ring (bicyclic) bond motifs is 1. The first-order valence-electron chi connectivity index (χ1n) is 8.72. The summed E-state index contributed by atoms with van der Waals surface area (Å²) in [4.78, 5) is 14.5. The zero-order valence-electron chi connectivity index (χ0n) is 14.8. The van der Waals surface area contributed by atoms with Crippen molar-refractivity contribution in [1.82, 2.24) is 10.2 Å². The fraction of sp³-hybridized carbons (Fsp3) is 0.632. The molecule has 2 fully saturated rings. The molecule has 1 amide bonds. The van der Waals surface area contributed by atoms with E-state index in [4.69, 9.17) is 9.47 Å². The van der Waals surface area contributed by atoms with Gasteiger partial charge >= 0.3 is 0 Å².